The summed E-state index contributed by atoms with van der Waals surface area (Å²) in [5, 5.41) is 3.30. The summed E-state index contributed by atoms with van der Waals surface area (Å²) in [7, 11) is 0. The molecule has 0 amide bonds. The van der Waals surface area contributed by atoms with E-state index < -0.39 is 17.7 Å². The summed E-state index contributed by atoms with van der Waals surface area (Å²) in [6.45, 7) is 1.99. The van der Waals surface area contributed by atoms with Gasteiger partial charge in [-0.3, -0.25) is 4.79 Å². The van der Waals surface area contributed by atoms with Crippen LogP contribution >= 0.6 is 11.6 Å². The Bertz CT molecular complexity index is 1340. The zero-order valence-electron chi connectivity index (χ0n) is 17.8. The molecular formula is C23H18ClF3N4O3. The molecule has 7 nitrogen and oxygen atoms in total. The van der Waals surface area contributed by atoms with Crippen molar-refractivity contribution in [2.75, 3.05) is 11.9 Å². The van der Waals surface area contributed by atoms with Crippen molar-refractivity contribution in [1.29, 1.82) is 0 Å². The number of hydrogen-bond acceptors (Lipinski definition) is 6. The fourth-order valence-corrected chi connectivity index (χ4v) is 3.48. The maximum absolute atomic E-state index is 12.9. The van der Waals surface area contributed by atoms with E-state index in [-0.39, 0.29) is 29.7 Å². The summed E-state index contributed by atoms with van der Waals surface area (Å²) in [4.78, 5) is 20.4. The monoisotopic (exact) mass is 490 g/mol. The number of anilines is 2. The maximum Gasteiger partial charge on any atom is 0.416 e. The fourth-order valence-electron chi connectivity index (χ4n) is 3.26. The maximum atomic E-state index is 12.9. The van der Waals surface area contributed by atoms with Gasteiger partial charge < -0.3 is 19.4 Å². The Balaban J connectivity index is 1.56. The molecule has 0 bridgehead atoms. The fraction of sp³-hybridized carbons (Fsp3) is 0.174. The van der Waals surface area contributed by atoms with Crippen LogP contribution in [-0.2, 0) is 22.3 Å². The number of hydrogen-bond donors (Lipinski definition) is 1. The first kappa shape index (κ1) is 23.4. The highest BCUT2D eigenvalue weighted by atomic mass is 35.5. The van der Waals surface area contributed by atoms with Crippen LogP contribution in [-0.4, -0.2) is 27.1 Å². The smallest absolute Gasteiger partial charge is 0.416 e. The van der Waals surface area contributed by atoms with E-state index in [4.69, 9.17) is 21.1 Å². The predicted molar refractivity (Wildman–Crippen MR) is 120 cm³/mol. The van der Waals surface area contributed by atoms with Crippen LogP contribution in [0.3, 0.4) is 0 Å². The van der Waals surface area contributed by atoms with Crippen LogP contribution in [0.2, 0.25) is 5.02 Å². The molecule has 0 radical (unpaired) electrons. The molecule has 11 heteroatoms. The minimum atomic E-state index is -4.48. The second kappa shape index (κ2) is 9.60. The molecule has 0 aliphatic rings. The Morgan fingerprint density at radius 3 is 2.71 bits per heavy atom. The van der Waals surface area contributed by atoms with E-state index in [1.807, 2.05) is 0 Å². The summed E-state index contributed by atoms with van der Waals surface area (Å²) in [6.07, 6.45) is -1.39. The number of carbonyl (C=O) groups is 1. The molecule has 2 aromatic carbocycles. The minimum Gasteiger partial charge on any atom is -0.465 e. The van der Waals surface area contributed by atoms with Gasteiger partial charge in [0.2, 0.25) is 0 Å². The minimum absolute atomic E-state index is 0.00624. The van der Waals surface area contributed by atoms with E-state index in [0.29, 0.717) is 22.5 Å². The molecule has 0 saturated heterocycles. The average molecular weight is 491 g/mol. The van der Waals surface area contributed by atoms with Gasteiger partial charge in [0.05, 0.1) is 22.7 Å². The number of aromatic nitrogens is 3. The predicted octanol–water partition coefficient (Wildman–Crippen LogP) is 6.20. The topological polar surface area (TPSA) is 78.3 Å². The first-order valence-corrected chi connectivity index (χ1v) is 10.5. The SMILES string of the molecule is CCOC(=O)Cn1ccc2ncnc(Nc3ccc(Oc4cccc(C(F)(F)F)c4)c(Cl)c3)c21. The van der Waals surface area contributed by atoms with Gasteiger partial charge >= 0.3 is 12.1 Å². The van der Waals surface area contributed by atoms with Crippen molar-refractivity contribution in [3.05, 3.63) is 71.6 Å². The second-order valence-electron chi connectivity index (χ2n) is 7.10. The van der Waals surface area contributed by atoms with Gasteiger partial charge in [-0.1, -0.05) is 17.7 Å². The van der Waals surface area contributed by atoms with E-state index in [1.54, 1.807) is 35.9 Å². The van der Waals surface area contributed by atoms with Crippen molar-refractivity contribution >= 4 is 40.1 Å². The van der Waals surface area contributed by atoms with E-state index in [2.05, 4.69) is 15.3 Å². The number of rotatable bonds is 7. The molecule has 0 saturated carbocycles. The van der Waals surface area contributed by atoms with Crippen molar-refractivity contribution in [2.24, 2.45) is 0 Å². The zero-order valence-corrected chi connectivity index (χ0v) is 18.5. The Morgan fingerprint density at radius 1 is 1.15 bits per heavy atom. The first-order valence-electron chi connectivity index (χ1n) is 10.1. The number of nitrogens with one attached hydrogen (secondary N) is 1. The molecule has 4 aromatic rings. The van der Waals surface area contributed by atoms with Crippen molar-refractivity contribution in [1.82, 2.24) is 14.5 Å². The molecule has 0 atom stereocenters. The van der Waals surface area contributed by atoms with Gasteiger partial charge in [-0.05, 0) is 49.4 Å². The normalized spacial score (nSPS) is 11.4. The molecule has 34 heavy (non-hydrogen) atoms. The number of carbonyl (C=O) groups excluding carboxylic acids is 1. The van der Waals surface area contributed by atoms with Crippen LogP contribution in [0.1, 0.15) is 12.5 Å². The van der Waals surface area contributed by atoms with Crippen molar-refractivity contribution in [2.45, 2.75) is 19.6 Å². The highest BCUT2D eigenvalue weighted by molar-refractivity contribution is 6.32. The third kappa shape index (κ3) is 5.23. The van der Waals surface area contributed by atoms with Gasteiger partial charge in [-0.25, -0.2) is 9.97 Å². The van der Waals surface area contributed by atoms with Crippen molar-refractivity contribution in [3.8, 4) is 11.5 Å². The van der Waals surface area contributed by atoms with Gasteiger partial charge in [0, 0.05) is 11.9 Å². The first-order chi connectivity index (χ1) is 16.2. The molecule has 2 heterocycles. The van der Waals surface area contributed by atoms with Gasteiger partial charge in [0.15, 0.2) is 5.82 Å². The van der Waals surface area contributed by atoms with Crippen LogP contribution in [0.4, 0.5) is 24.7 Å². The molecule has 176 valence electrons. The average Bonchev–Trinajstić information content (AvgIpc) is 3.19. The van der Waals surface area contributed by atoms with Crippen LogP contribution in [0.5, 0.6) is 11.5 Å². The number of esters is 1. The van der Waals surface area contributed by atoms with Crippen LogP contribution in [0, 0.1) is 0 Å². The highest BCUT2D eigenvalue weighted by Crippen LogP contribution is 2.36. The number of ether oxygens (including phenoxy) is 2. The summed E-state index contributed by atoms with van der Waals surface area (Å²) in [5.41, 5.74) is 0.941. The van der Waals surface area contributed by atoms with Gasteiger partial charge in [0.25, 0.3) is 0 Å². The van der Waals surface area contributed by atoms with Gasteiger partial charge in [0.1, 0.15) is 29.9 Å². The zero-order chi connectivity index (χ0) is 24.3. The van der Waals surface area contributed by atoms with Crippen molar-refractivity contribution in [3.63, 3.8) is 0 Å². The standard InChI is InChI=1S/C23H18ClF3N4O3/c1-2-33-20(32)12-31-9-8-18-21(31)22(29-13-28-18)30-15-6-7-19(17(24)11-15)34-16-5-3-4-14(10-16)23(25,26)27/h3-11,13H,2,12H2,1H3,(H,28,29,30). The lowest BCUT2D eigenvalue weighted by Crippen LogP contribution is -2.13. The van der Waals surface area contributed by atoms with E-state index in [1.165, 1.54) is 24.5 Å². The molecule has 2 aromatic heterocycles. The van der Waals surface area contributed by atoms with Gasteiger partial charge in [-0.15, -0.1) is 0 Å². The Kier molecular flexibility index (Phi) is 6.60. The quantitative estimate of drug-likeness (QED) is 0.311. The molecule has 0 aliphatic carbocycles. The summed E-state index contributed by atoms with van der Waals surface area (Å²) in [6, 6.07) is 11.0. The van der Waals surface area contributed by atoms with Crippen LogP contribution in [0.15, 0.2) is 61.1 Å². The van der Waals surface area contributed by atoms with Gasteiger partial charge in [-0.2, -0.15) is 13.2 Å². The molecular weight excluding hydrogens is 473 g/mol. The Labute approximate surface area is 197 Å². The largest absolute Gasteiger partial charge is 0.465 e. The lowest BCUT2D eigenvalue weighted by atomic mass is 10.2. The van der Waals surface area contributed by atoms with Crippen LogP contribution in [0.25, 0.3) is 11.0 Å². The number of benzene rings is 2. The molecule has 0 aliphatic heterocycles. The van der Waals surface area contributed by atoms with Crippen LogP contribution < -0.4 is 10.1 Å². The third-order valence-corrected chi connectivity index (χ3v) is 5.03. The molecule has 0 fully saturated rings. The highest BCUT2D eigenvalue weighted by Gasteiger charge is 2.30. The second-order valence-corrected chi connectivity index (χ2v) is 7.51. The van der Waals surface area contributed by atoms with E-state index >= 15 is 0 Å². The third-order valence-electron chi connectivity index (χ3n) is 4.74. The molecule has 4 rings (SSSR count). The van der Waals surface area contributed by atoms with E-state index in [9.17, 15) is 18.0 Å². The number of halogens is 4. The number of nitrogens with zero attached hydrogens (tertiary/aromatic N) is 3. The molecule has 0 spiro atoms. The molecule has 0 unspecified atom stereocenters. The number of alkyl halides is 3. The van der Waals surface area contributed by atoms with E-state index in [0.717, 1.165) is 12.1 Å². The molecule has 1 N–H and O–H groups in total. The lowest BCUT2D eigenvalue weighted by molar-refractivity contribution is -0.143. The Morgan fingerprint density at radius 2 is 1.97 bits per heavy atom. The van der Waals surface area contributed by atoms with Crippen molar-refractivity contribution < 1.29 is 27.4 Å². The summed E-state index contributed by atoms with van der Waals surface area (Å²) < 4.78 is 51.1. The summed E-state index contributed by atoms with van der Waals surface area (Å²) >= 11 is 6.32. The lowest BCUT2D eigenvalue weighted by Gasteiger charge is -2.13. The summed E-state index contributed by atoms with van der Waals surface area (Å²) in [5.74, 6) is 0.229. The Hall–Kier alpha value is -3.79. The number of fused-ring (bicyclic) bond motifs is 1.